The summed E-state index contributed by atoms with van der Waals surface area (Å²) in [6.07, 6.45) is 3.83. The first-order valence-electron chi connectivity index (χ1n) is 7.04. The number of aromatic nitrogens is 2. The highest BCUT2D eigenvalue weighted by Crippen LogP contribution is 2.23. The van der Waals surface area contributed by atoms with Crippen LogP contribution in [0.1, 0.15) is 12.8 Å². The molecule has 0 saturated heterocycles. The molecule has 2 aromatic rings. The molecular formula is C15H18N4O4. The molecule has 8 nitrogen and oxygen atoms in total. The number of benzene rings is 1. The molecule has 1 aromatic heterocycles. The third-order valence-corrected chi connectivity index (χ3v) is 3.01. The number of hydrogen-bond donors (Lipinski definition) is 3. The van der Waals surface area contributed by atoms with Gasteiger partial charge in [0.1, 0.15) is 5.75 Å². The fraction of sp³-hybridized carbons (Fsp3) is 0.267. The van der Waals surface area contributed by atoms with E-state index in [2.05, 4.69) is 15.7 Å². The first-order valence-corrected chi connectivity index (χ1v) is 7.04. The third-order valence-electron chi connectivity index (χ3n) is 3.01. The van der Waals surface area contributed by atoms with Gasteiger partial charge in [0, 0.05) is 43.2 Å². The molecule has 2 amide bonds. The standard InChI is InChI=1S/C15H18N4O4/c1-23-13-9-11(8-12(10-13)19-7-3-6-17-19)18-15(22)16-5-2-4-14(20)21/h3,6-10H,2,4-5H2,1H3,(H,20,21)(H2,16,18,22). The van der Waals surface area contributed by atoms with Gasteiger partial charge in [0.25, 0.3) is 0 Å². The SMILES string of the molecule is COc1cc(NC(=O)NCCCC(=O)O)cc(-n2cccn2)c1. The van der Waals surface area contributed by atoms with E-state index >= 15 is 0 Å². The van der Waals surface area contributed by atoms with Crippen LogP contribution in [0.3, 0.4) is 0 Å². The first kappa shape index (κ1) is 16.3. The van der Waals surface area contributed by atoms with Crippen molar-refractivity contribution in [2.45, 2.75) is 12.8 Å². The molecule has 0 saturated carbocycles. The number of methoxy groups -OCH3 is 1. The molecule has 3 N–H and O–H groups in total. The van der Waals surface area contributed by atoms with Gasteiger partial charge in [0.05, 0.1) is 12.8 Å². The minimum Gasteiger partial charge on any atom is -0.497 e. The number of anilines is 1. The number of rotatable bonds is 7. The number of urea groups is 1. The van der Waals surface area contributed by atoms with E-state index in [-0.39, 0.29) is 13.0 Å². The van der Waals surface area contributed by atoms with E-state index in [0.717, 1.165) is 5.69 Å². The molecule has 0 fully saturated rings. The molecule has 0 aliphatic carbocycles. The monoisotopic (exact) mass is 318 g/mol. The Kier molecular flexibility index (Phi) is 5.56. The van der Waals surface area contributed by atoms with Crippen molar-refractivity contribution in [1.82, 2.24) is 15.1 Å². The van der Waals surface area contributed by atoms with E-state index in [1.165, 1.54) is 7.11 Å². The van der Waals surface area contributed by atoms with Crippen LogP contribution in [0.2, 0.25) is 0 Å². The van der Waals surface area contributed by atoms with Gasteiger partial charge in [-0.05, 0) is 18.6 Å². The number of nitrogens with one attached hydrogen (secondary N) is 2. The summed E-state index contributed by atoms with van der Waals surface area (Å²) in [7, 11) is 1.54. The highest BCUT2D eigenvalue weighted by Gasteiger charge is 2.07. The molecule has 0 radical (unpaired) electrons. The highest BCUT2D eigenvalue weighted by molar-refractivity contribution is 5.89. The number of hydrogen-bond acceptors (Lipinski definition) is 4. The molecule has 1 heterocycles. The Labute approximate surface area is 133 Å². The number of carbonyl (C=O) groups excluding carboxylic acids is 1. The zero-order valence-corrected chi connectivity index (χ0v) is 12.7. The summed E-state index contributed by atoms with van der Waals surface area (Å²) in [5, 5.41) is 18.0. The van der Waals surface area contributed by atoms with Gasteiger partial charge >= 0.3 is 12.0 Å². The van der Waals surface area contributed by atoms with Crippen LogP contribution >= 0.6 is 0 Å². The number of aliphatic carboxylic acids is 1. The second kappa shape index (κ2) is 7.83. The van der Waals surface area contributed by atoms with Gasteiger partial charge in [-0.15, -0.1) is 0 Å². The Hall–Kier alpha value is -3.03. The van der Waals surface area contributed by atoms with Crippen LogP contribution in [-0.4, -0.2) is 40.5 Å². The van der Waals surface area contributed by atoms with Crippen LogP contribution < -0.4 is 15.4 Å². The van der Waals surface area contributed by atoms with Crippen molar-refractivity contribution in [1.29, 1.82) is 0 Å². The van der Waals surface area contributed by atoms with Crippen molar-refractivity contribution in [3.63, 3.8) is 0 Å². The Morgan fingerprint density at radius 1 is 1.35 bits per heavy atom. The Morgan fingerprint density at radius 2 is 2.17 bits per heavy atom. The fourth-order valence-corrected chi connectivity index (χ4v) is 1.94. The summed E-state index contributed by atoms with van der Waals surface area (Å²) in [6.45, 7) is 0.286. The Balaban J connectivity index is 2.00. The van der Waals surface area contributed by atoms with E-state index in [9.17, 15) is 9.59 Å². The molecule has 8 heteroatoms. The van der Waals surface area contributed by atoms with E-state index in [1.54, 1.807) is 41.3 Å². The molecule has 0 spiro atoms. The predicted octanol–water partition coefficient (Wildman–Crippen LogP) is 1.87. The second-order valence-electron chi connectivity index (χ2n) is 4.75. The molecule has 0 atom stereocenters. The number of amides is 2. The second-order valence-corrected chi connectivity index (χ2v) is 4.75. The smallest absolute Gasteiger partial charge is 0.319 e. The molecule has 2 rings (SSSR count). The Morgan fingerprint density at radius 3 is 2.83 bits per heavy atom. The lowest BCUT2D eigenvalue weighted by atomic mass is 10.2. The maximum atomic E-state index is 11.8. The van der Waals surface area contributed by atoms with Gasteiger partial charge < -0.3 is 20.5 Å². The van der Waals surface area contributed by atoms with Gasteiger partial charge in [-0.2, -0.15) is 5.10 Å². The molecule has 0 unspecified atom stereocenters. The van der Waals surface area contributed by atoms with Crippen molar-refractivity contribution in [3.05, 3.63) is 36.7 Å². The normalized spacial score (nSPS) is 10.1. The van der Waals surface area contributed by atoms with Crippen LogP contribution in [0.15, 0.2) is 36.7 Å². The maximum absolute atomic E-state index is 11.8. The summed E-state index contributed by atoms with van der Waals surface area (Å²) in [5.74, 6) is -0.303. The highest BCUT2D eigenvalue weighted by atomic mass is 16.5. The summed E-state index contributed by atoms with van der Waals surface area (Å²) >= 11 is 0. The van der Waals surface area contributed by atoms with Crippen LogP contribution in [-0.2, 0) is 4.79 Å². The summed E-state index contributed by atoms with van der Waals surface area (Å²) in [4.78, 5) is 22.2. The van der Waals surface area contributed by atoms with Crippen LogP contribution in [0.5, 0.6) is 5.75 Å². The van der Waals surface area contributed by atoms with E-state index in [4.69, 9.17) is 9.84 Å². The average Bonchev–Trinajstić information content (AvgIpc) is 3.05. The molecule has 122 valence electrons. The molecule has 23 heavy (non-hydrogen) atoms. The molecule has 0 aliphatic rings. The molecule has 0 bridgehead atoms. The van der Waals surface area contributed by atoms with Crippen LogP contribution in [0.25, 0.3) is 5.69 Å². The van der Waals surface area contributed by atoms with Crippen molar-refractivity contribution in [2.75, 3.05) is 19.0 Å². The first-order chi connectivity index (χ1) is 11.1. The lowest BCUT2D eigenvalue weighted by molar-refractivity contribution is -0.137. The summed E-state index contributed by atoms with van der Waals surface area (Å²) in [6, 6.07) is 6.62. The summed E-state index contributed by atoms with van der Waals surface area (Å²) < 4.78 is 6.87. The quantitative estimate of drug-likeness (QED) is 0.676. The average molecular weight is 318 g/mol. The van der Waals surface area contributed by atoms with Gasteiger partial charge in [0.15, 0.2) is 0 Å². The van der Waals surface area contributed by atoms with Gasteiger partial charge in [-0.3, -0.25) is 4.79 Å². The molecule has 0 aliphatic heterocycles. The number of carboxylic acids is 1. The minimum atomic E-state index is -0.885. The van der Waals surface area contributed by atoms with E-state index in [1.807, 2.05) is 0 Å². The predicted molar refractivity (Wildman–Crippen MR) is 84.0 cm³/mol. The van der Waals surface area contributed by atoms with Crippen molar-refractivity contribution in [2.24, 2.45) is 0 Å². The van der Waals surface area contributed by atoms with E-state index in [0.29, 0.717) is 17.9 Å². The third kappa shape index (κ3) is 5.03. The van der Waals surface area contributed by atoms with E-state index < -0.39 is 12.0 Å². The number of ether oxygens (including phenoxy) is 1. The topological polar surface area (TPSA) is 105 Å². The number of carbonyl (C=O) groups is 2. The van der Waals surface area contributed by atoms with Crippen molar-refractivity contribution >= 4 is 17.7 Å². The minimum absolute atomic E-state index is 0.0168. The summed E-state index contributed by atoms with van der Waals surface area (Å²) in [5.41, 5.74) is 1.29. The van der Waals surface area contributed by atoms with Gasteiger partial charge in [-0.1, -0.05) is 0 Å². The number of nitrogens with zero attached hydrogens (tertiary/aromatic N) is 2. The van der Waals surface area contributed by atoms with Crippen LogP contribution in [0.4, 0.5) is 10.5 Å². The van der Waals surface area contributed by atoms with Crippen LogP contribution in [0, 0.1) is 0 Å². The fourth-order valence-electron chi connectivity index (χ4n) is 1.94. The molecular weight excluding hydrogens is 300 g/mol. The van der Waals surface area contributed by atoms with Crippen molar-refractivity contribution < 1.29 is 19.4 Å². The number of carboxylic acid groups (broad SMARTS) is 1. The van der Waals surface area contributed by atoms with Gasteiger partial charge in [0.2, 0.25) is 0 Å². The zero-order valence-electron chi connectivity index (χ0n) is 12.7. The lowest BCUT2D eigenvalue weighted by Gasteiger charge is -2.11. The lowest BCUT2D eigenvalue weighted by Crippen LogP contribution is -2.29. The largest absolute Gasteiger partial charge is 0.497 e. The Bertz CT molecular complexity index is 670. The van der Waals surface area contributed by atoms with Crippen molar-refractivity contribution in [3.8, 4) is 11.4 Å². The van der Waals surface area contributed by atoms with Gasteiger partial charge in [-0.25, -0.2) is 9.48 Å². The zero-order chi connectivity index (χ0) is 16.7. The maximum Gasteiger partial charge on any atom is 0.319 e. The molecule has 1 aromatic carbocycles.